The Balaban J connectivity index is 1.61. The third kappa shape index (κ3) is 3.59. The van der Waals surface area contributed by atoms with Crippen LogP contribution in [0.2, 0.25) is 5.02 Å². The summed E-state index contributed by atoms with van der Waals surface area (Å²) in [5.41, 5.74) is 1.93. The van der Waals surface area contributed by atoms with Gasteiger partial charge in [-0.15, -0.1) is 11.8 Å². The fourth-order valence-corrected chi connectivity index (χ4v) is 3.30. The van der Waals surface area contributed by atoms with Gasteiger partial charge in [0.1, 0.15) is 5.82 Å². The molecule has 21 heavy (non-hydrogen) atoms. The van der Waals surface area contributed by atoms with Gasteiger partial charge >= 0.3 is 0 Å². The number of aromatic nitrogens is 2. The maximum atomic E-state index is 10.2. The van der Waals surface area contributed by atoms with E-state index in [0.717, 1.165) is 26.8 Å². The molecule has 3 rings (SSSR count). The first-order valence-corrected chi connectivity index (χ1v) is 8.08. The number of fused-ring (bicyclic) bond motifs is 1. The Labute approximate surface area is 132 Å². The molecule has 3 aromatic rings. The van der Waals surface area contributed by atoms with Gasteiger partial charge in [-0.05, 0) is 24.3 Å². The number of hydrogen-bond acceptors (Lipinski definition) is 3. The van der Waals surface area contributed by atoms with E-state index in [1.807, 2.05) is 48.5 Å². The van der Waals surface area contributed by atoms with Gasteiger partial charge in [0.2, 0.25) is 0 Å². The summed E-state index contributed by atoms with van der Waals surface area (Å²) in [4.78, 5) is 8.69. The maximum absolute atomic E-state index is 10.2. The first-order valence-electron chi connectivity index (χ1n) is 6.71. The highest BCUT2D eigenvalue weighted by molar-refractivity contribution is 7.99. The zero-order valence-electron chi connectivity index (χ0n) is 11.3. The maximum Gasteiger partial charge on any atom is 0.109 e. The minimum absolute atomic E-state index is 0.466. The molecular formula is C16H15ClN2OS. The molecule has 2 N–H and O–H groups in total. The highest BCUT2D eigenvalue weighted by atomic mass is 35.5. The lowest BCUT2D eigenvalue weighted by atomic mass is 10.3. The molecule has 0 aliphatic carbocycles. The molecule has 0 spiro atoms. The van der Waals surface area contributed by atoms with Crippen LogP contribution in [-0.4, -0.2) is 26.9 Å². The Morgan fingerprint density at radius 3 is 2.71 bits per heavy atom. The van der Waals surface area contributed by atoms with E-state index in [-0.39, 0.29) is 0 Å². The summed E-state index contributed by atoms with van der Waals surface area (Å²) in [6, 6.07) is 15.5. The van der Waals surface area contributed by atoms with Gasteiger partial charge in [-0.3, -0.25) is 0 Å². The molecule has 0 saturated carbocycles. The molecule has 1 atom stereocenters. The van der Waals surface area contributed by atoms with Gasteiger partial charge in [0.15, 0.2) is 0 Å². The zero-order valence-corrected chi connectivity index (χ0v) is 12.9. The number of rotatable bonds is 5. The molecule has 0 fully saturated rings. The average molecular weight is 319 g/mol. The number of nitrogens with zero attached hydrogens (tertiary/aromatic N) is 1. The van der Waals surface area contributed by atoms with Crippen LogP contribution < -0.4 is 0 Å². The molecule has 5 heteroatoms. The van der Waals surface area contributed by atoms with Crippen LogP contribution in [0.25, 0.3) is 11.0 Å². The summed E-state index contributed by atoms with van der Waals surface area (Å²) in [6.07, 6.45) is 0.0402. The molecule has 2 aromatic carbocycles. The number of para-hydroxylation sites is 2. The van der Waals surface area contributed by atoms with Crippen molar-refractivity contribution < 1.29 is 5.11 Å². The Morgan fingerprint density at radius 1 is 1.14 bits per heavy atom. The van der Waals surface area contributed by atoms with Gasteiger partial charge in [-0.2, -0.15) is 0 Å². The first kappa shape index (κ1) is 14.4. The minimum Gasteiger partial charge on any atom is -0.392 e. The molecule has 3 nitrogen and oxygen atoms in total. The monoisotopic (exact) mass is 318 g/mol. The van der Waals surface area contributed by atoms with E-state index in [1.54, 1.807) is 11.8 Å². The van der Waals surface area contributed by atoms with E-state index in [4.69, 9.17) is 11.6 Å². The first-order chi connectivity index (χ1) is 10.2. The average Bonchev–Trinajstić information content (AvgIpc) is 2.88. The van der Waals surface area contributed by atoms with Crippen molar-refractivity contribution in [1.82, 2.24) is 9.97 Å². The number of benzene rings is 2. The minimum atomic E-state index is -0.466. The van der Waals surface area contributed by atoms with Crippen molar-refractivity contribution in [3.63, 3.8) is 0 Å². The van der Waals surface area contributed by atoms with Crippen molar-refractivity contribution >= 4 is 34.4 Å². The topological polar surface area (TPSA) is 48.9 Å². The van der Waals surface area contributed by atoms with Gasteiger partial charge in [0, 0.05) is 17.1 Å². The van der Waals surface area contributed by atoms with E-state index in [9.17, 15) is 5.11 Å². The van der Waals surface area contributed by atoms with Crippen molar-refractivity contribution in [2.45, 2.75) is 17.4 Å². The second kappa shape index (κ2) is 6.52. The van der Waals surface area contributed by atoms with Crippen molar-refractivity contribution in [2.24, 2.45) is 0 Å². The van der Waals surface area contributed by atoms with Crippen LogP contribution in [0.4, 0.5) is 0 Å². The fourth-order valence-electron chi connectivity index (χ4n) is 2.13. The molecule has 108 valence electrons. The molecular weight excluding hydrogens is 304 g/mol. The van der Waals surface area contributed by atoms with Gasteiger partial charge < -0.3 is 10.1 Å². The third-order valence-corrected chi connectivity index (χ3v) is 4.80. The second-order valence-electron chi connectivity index (χ2n) is 4.80. The van der Waals surface area contributed by atoms with Crippen LogP contribution >= 0.6 is 23.4 Å². The number of nitrogens with one attached hydrogen (secondary N) is 1. The Morgan fingerprint density at radius 2 is 1.90 bits per heavy atom. The molecule has 1 aromatic heterocycles. The van der Waals surface area contributed by atoms with Crippen LogP contribution in [0, 0.1) is 0 Å². The van der Waals surface area contributed by atoms with Crippen molar-refractivity contribution in [3.05, 3.63) is 59.4 Å². The van der Waals surface area contributed by atoms with Crippen LogP contribution in [-0.2, 0) is 6.42 Å². The number of hydrogen-bond donors (Lipinski definition) is 2. The number of aliphatic hydroxyl groups is 1. The van der Waals surface area contributed by atoms with Crippen molar-refractivity contribution in [1.29, 1.82) is 0 Å². The number of aliphatic hydroxyl groups excluding tert-OH is 1. The van der Waals surface area contributed by atoms with E-state index in [1.165, 1.54) is 0 Å². The molecule has 0 aliphatic heterocycles. The summed E-state index contributed by atoms with van der Waals surface area (Å²) >= 11 is 7.66. The Kier molecular flexibility index (Phi) is 4.48. The van der Waals surface area contributed by atoms with Gasteiger partial charge in [0.05, 0.1) is 22.2 Å². The summed E-state index contributed by atoms with van der Waals surface area (Å²) in [5, 5.41) is 10.9. The molecule has 0 amide bonds. The zero-order chi connectivity index (χ0) is 14.7. The fraction of sp³-hybridized carbons (Fsp3) is 0.188. The van der Waals surface area contributed by atoms with Crippen LogP contribution in [0.3, 0.4) is 0 Å². The predicted molar refractivity (Wildman–Crippen MR) is 88.0 cm³/mol. The summed E-state index contributed by atoms with van der Waals surface area (Å²) in [6.45, 7) is 0. The highest BCUT2D eigenvalue weighted by Crippen LogP contribution is 2.27. The Bertz CT molecular complexity index is 711. The SMILES string of the molecule is OC(CSc1ccccc1Cl)Cc1nc2ccccc2[nH]1. The van der Waals surface area contributed by atoms with E-state index >= 15 is 0 Å². The van der Waals surface area contributed by atoms with Crippen LogP contribution in [0.1, 0.15) is 5.82 Å². The van der Waals surface area contributed by atoms with Crippen molar-refractivity contribution in [3.8, 4) is 0 Å². The predicted octanol–water partition coefficient (Wildman–Crippen LogP) is 3.91. The second-order valence-corrected chi connectivity index (χ2v) is 6.27. The van der Waals surface area contributed by atoms with Crippen LogP contribution in [0.5, 0.6) is 0 Å². The summed E-state index contributed by atoms with van der Waals surface area (Å²) < 4.78 is 0. The van der Waals surface area contributed by atoms with Gasteiger partial charge in [-0.1, -0.05) is 35.9 Å². The smallest absolute Gasteiger partial charge is 0.109 e. The lowest BCUT2D eigenvalue weighted by Crippen LogP contribution is -2.14. The largest absolute Gasteiger partial charge is 0.392 e. The van der Waals surface area contributed by atoms with E-state index in [2.05, 4.69) is 9.97 Å². The summed E-state index contributed by atoms with van der Waals surface area (Å²) in [7, 11) is 0. The lowest BCUT2D eigenvalue weighted by Gasteiger charge is -2.09. The number of thioether (sulfide) groups is 1. The number of H-pyrrole nitrogens is 1. The molecule has 0 bridgehead atoms. The third-order valence-electron chi connectivity index (χ3n) is 3.14. The lowest BCUT2D eigenvalue weighted by molar-refractivity contribution is 0.198. The molecule has 1 heterocycles. The van der Waals surface area contributed by atoms with E-state index < -0.39 is 6.10 Å². The Hall–Kier alpha value is -1.49. The number of halogens is 1. The van der Waals surface area contributed by atoms with Crippen molar-refractivity contribution in [2.75, 3.05) is 5.75 Å². The number of imidazole rings is 1. The standard InChI is InChI=1S/C16H15ClN2OS/c17-12-5-1-4-8-15(12)21-10-11(20)9-16-18-13-6-2-3-7-14(13)19-16/h1-8,11,20H,9-10H2,(H,18,19). The van der Waals surface area contributed by atoms with Gasteiger partial charge in [-0.25, -0.2) is 4.98 Å². The highest BCUT2D eigenvalue weighted by Gasteiger charge is 2.11. The summed E-state index contributed by atoms with van der Waals surface area (Å²) in [5.74, 6) is 1.39. The molecule has 0 saturated heterocycles. The molecule has 0 radical (unpaired) electrons. The van der Waals surface area contributed by atoms with Gasteiger partial charge in [0.25, 0.3) is 0 Å². The molecule has 0 aliphatic rings. The van der Waals surface area contributed by atoms with E-state index in [0.29, 0.717) is 12.2 Å². The normalized spacial score (nSPS) is 12.7. The number of aromatic amines is 1. The molecule has 1 unspecified atom stereocenters. The quantitative estimate of drug-likeness (QED) is 0.701. The van der Waals surface area contributed by atoms with Crippen LogP contribution in [0.15, 0.2) is 53.4 Å².